The van der Waals surface area contributed by atoms with Gasteiger partial charge in [-0.25, -0.2) is 4.79 Å². The van der Waals surface area contributed by atoms with E-state index in [2.05, 4.69) is 34.5 Å². The quantitative estimate of drug-likeness (QED) is 0.488. The molecule has 2 aromatic carbocycles. The zero-order valence-corrected chi connectivity index (χ0v) is 21.4. The van der Waals surface area contributed by atoms with E-state index in [1.807, 2.05) is 31.2 Å². The number of rotatable bonds is 3. The van der Waals surface area contributed by atoms with Crippen molar-refractivity contribution in [2.75, 3.05) is 26.2 Å². The molecule has 204 valence electrons. The van der Waals surface area contributed by atoms with E-state index in [1.165, 1.54) is 0 Å². The van der Waals surface area contributed by atoms with Gasteiger partial charge in [-0.3, -0.25) is 4.79 Å². The number of piperidine rings is 1. The van der Waals surface area contributed by atoms with Gasteiger partial charge >= 0.3 is 12.3 Å². The number of hydrogen-bond donors (Lipinski definition) is 0. The number of likely N-dealkylation sites (tertiary alicyclic amines) is 1. The van der Waals surface area contributed by atoms with Crippen LogP contribution in [0.15, 0.2) is 48.5 Å². The average molecular weight is 540 g/mol. The molecule has 8 nitrogen and oxygen atoms in total. The van der Waals surface area contributed by atoms with E-state index in [0.29, 0.717) is 19.5 Å². The second kappa shape index (κ2) is 9.69. The molecule has 11 heteroatoms. The van der Waals surface area contributed by atoms with Gasteiger partial charge in [0.15, 0.2) is 5.82 Å². The summed E-state index contributed by atoms with van der Waals surface area (Å²) in [6.07, 6.45) is -4.53. The molecule has 6 rings (SSSR count). The third-order valence-corrected chi connectivity index (χ3v) is 8.14. The third-order valence-electron chi connectivity index (χ3n) is 8.14. The van der Waals surface area contributed by atoms with Gasteiger partial charge in [-0.1, -0.05) is 55.5 Å². The number of amides is 2. The fourth-order valence-corrected chi connectivity index (χ4v) is 6.15. The summed E-state index contributed by atoms with van der Waals surface area (Å²) in [5.41, 5.74) is 4.60. The van der Waals surface area contributed by atoms with E-state index in [1.54, 1.807) is 9.80 Å². The molecule has 1 aromatic heterocycles. The second-order valence-corrected chi connectivity index (χ2v) is 10.5. The molecular weight excluding hydrogens is 511 g/mol. The van der Waals surface area contributed by atoms with Crippen molar-refractivity contribution in [3.05, 3.63) is 71.3 Å². The fourth-order valence-electron chi connectivity index (χ4n) is 6.15. The molecule has 0 bridgehead atoms. The van der Waals surface area contributed by atoms with Crippen LogP contribution in [-0.2, 0) is 28.8 Å². The van der Waals surface area contributed by atoms with Crippen molar-refractivity contribution in [2.45, 2.75) is 38.5 Å². The Morgan fingerprint density at radius 1 is 0.949 bits per heavy atom. The highest BCUT2D eigenvalue weighted by Crippen LogP contribution is 2.44. The SMILES string of the molecule is CC1CN(C(=O)OCC2c3ccccc3-c3ccccc32)CCC1C(=O)N1CCn2c(nnc2C(F)(F)F)C1. The first-order valence-corrected chi connectivity index (χ1v) is 13.1. The first-order valence-electron chi connectivity index (χ1n) is 13.1. The van der Waals surface area contributed by atoms with Gasteiger partial charge in [0.25, 0.3) is 0 Å². The molecule has 2 aliphatic heterocycles. The molecule has 0 radical (unpaired) electrons. The number of ether oxygens (including phenoxy) is 1. The van der Waals surface area contributed by atoms with E-state index in [9.17, 15) is 22.8 Å². The third kappa shape index (κ3) is 4.53. The van der Waals surface area contributed by atoms with Crippen LogP contribution in [0.5, 0.6) is 0 Å². The number of alkyl halides is 3. The maximum absolute atomic E-state index is 13.3. The van der Waals surface area contributed by atoms with Crippen molar-refractivity contribution in [2.24, 2.45) is 11.8 Å². The summed E-state index contributed by atoms with van der Waals surface area (Å²) in [5.74, 6) is -1.52. The normalized spacial score (nSPS) is 20.8. The summed E-state index contributed by atoms with van der Waals surface area (Å²) in [6.45, 7) is 3.03. The van der Waals surface area contributed by atoms with E-state index in [4.69, 9.17) is 4.74 Å². The van der Waals surface area contributed by atoms with Crippen LogP contribution in [0.3, 0.4) is 0 Å². The lowest BCUT2D eigenvalue weighted by atomic mass is 9.85. The zero-order valence-electron chi connectivity index (χ0n) is 21.4. The van der Waals surface area contributed by atoms with E-state index >= 15 is 0 Å². The number of halogens is 3. The van der Waals surface area contributed by atoms with E-state index < -0.39 is 18.1 Å². The topological polar surface area (TPSA) is 80.6 Å². The lowest BCUT2D eigenvalue weighted by Gasteiger charge is -2.38. The molecule has 0 saturated carbocycles. The van der Waals surface area contributed by atoms with Crippen molar-refractivity contribution in [1.82, 2.24) is 24.6 Å². The summed E-state index contributed by atoms with van der Waals surface area (Å²) in [7, 11) is 0. The lowest BCUT2D eigenvalue weighted by molar-refractivity contribution is -0.148. The van der Waals surface area contributed by atoms with Crippen molar-refractivity contribution in [3.63, 3.8) is 0 Å². The van der Waals surface area contributed by atoms with Crippen molar-refractivity contribution < 1.29 is 27.5 Å². The minimum Gasteiger partial charge on any atom is -0.448 e. The molecule has 2 atom stereocenters. The van der Waals surface area contributed by atoms with Gasteiger partial charge < -0.3 is 19.1 Å². The molecule has 2 amide bonds. The van der Waals surface area contributed by atoms with Crippen LogP contribution in [-0.4, -0.2) is 62.8 Å². The Kier molecular flexibility index (Phi) is 6.31. The molecule has 0 N–H and O–H groups in total. The number of fused-ring (bicyclic) bond motifs is 4. The summed E-state index contributed by atoms with van der Waals surface area (Å²) in [5, 5.41) is 6.95. The maximum Gasteiger partial charge on any atom is 0.451 e. The van der Waals surface area contributed by atoms with Gasteiger partial charge in [0.05, 0.1) is 6.54 Å². The minimum atomic E-state index is -4.59. The Morgan fingerprint density at radius 2 is 1.62 bits per heavy atom. The Labute approximate surface area is 223 Å². The highest BCUT2D eigenvalue weighted by atomic mass is 19.4. The highest BCUT2D eigenvalue weighted by molar-refractivity contribution is 5.80. The van der Waals surface area contributed by atoms with E-state index in [-0.39, 0.29) is 55.7 Å². The first-order chi connectivity index (χ1) is 18.7. The average Bonchev–Trinajstić information content (AvgIpc) is 3.50. The molecule has 3 heterocycles. The largest absolute Gasteiger partial charge is 0.451 e. The monoisotopic (exact) mass is 539 g/mol. The summed E-state index contributed by atoms with van der Waals surface area (Å²) >= 11 is 0. The Balaban J connectivity index is 1.06. The van der Waals surface area contributed by atoms with Crippen molar-refractivity contribution in [1.29, 1.82) is 0 Å². The predicted molar refractivity (Wildman–Crippen MR) is 134 cm³/mol. The molecule has 3 aromatic rings. The van der Waals surface area contributed by atoms with Crippen LogP contribution < -0.4 is 0 Å². The smallest absolute Gasteiger partial charge is 0.448 e. The van der Waals surface area contributed by atoms with Gasteiger partial charge in [0, 0.05) is 38.0 Å². The molecule has 1 saturated heterocycles. The van der Waals surface area contributed by atoms with Crippen molar-refractivity contribution in [3.8, 4) is 11.1 Å². The Hall–Kier alpha value is -3.89. The molecule has 3 aliphatic rings. The van der Waals surface area contributed by atoms with Crippen LogP contribution in [0, 0.1) is 11.8 Å². The summed E-state index contributed by atoms with van der Waals surface area (Å²) < 4.78 is 46.2. The number of carbonyl (C=O) groups is 2. The molecular formula is C28H28F3N5O3. The highest BCUT2D eigenvalue weighted by Gasteiger charge is 2.42. The standard InChI is InChI=1S/C28H28F3N5O3/c1-17-14-35(27(38)39-16-23-21-8-4-2-6-19(21)20-7-3-5-9-22(20)23)11-10-18(17)25(37)34-12-13-36-24(15-34)32-33-26(36)28(29,30)31/h2-9,17-18,23H,10-16H2,1H3. The predicted octanol–water partition coefficient (Wildman–Crippen LogP) is 4.55. The Bertz CT molecular complexity index is 1380. The van der Waals surface area contributed by atoms with Gasteiger partial charge in [-0.2, -0.15) is 13.2 Å². The minimum absolute atomic E-state index is 0.00407. The fraction of sp³-hybridized carbons (Fsp3) is 0.429. The number of benzene rings is 2. The summed E-state index contributed by atoms with van der Waals surface area (Å²) in [6, 6.07) is 16.3. The molecule has 39 heavy (non-hydrogen) atoms. The number of aromatic nitrogens is 3. The van der Waals surface area contributed by atoms with Crippen LogP contribution in [0.1, 0.15) is 42.0 Å². The Morgan fingerprint density at radius 3 is 2.26 bits per heavy atom. The van der Waals surface area contributed by atoms with Crippen molar-refractivity contribution >= 4 is 12.0 Å². The van der Waals surface area contributed by atoms with Gasteiger partial charge in [-0.05, 0) is 34.6 Å². The zero-order chi connectivity index (χ0) is 27.3. The maximum atomic E-state index is 13.3. The molecule has 0 spiro atoms. The van der Waals surface area contributed by atoms with Gasteiger partial charge in [-0.15, -0.1) is 10.2 Å². The van der Waals surface area contributed by atoms with Crippen LogP contribution in [0.25, 0.3) is 11.1 Å². The number of nitrogens with zero attached hydrogens (tertiary/aromatic N) is 5. The van der Waals surface area contributed by atoms with E-state index in [0.717, 1.165) is 26.8 Å². The lowest BCUT2D eigenvalue weighted by Crippen LogP contribution is -2.50. The van der Waals surface area contributed by atoms with Crippen LogP contribution >= 0.6 is 0 Å². The number of hydrogen-bond acceptors (Lipinski definition) is 5. The molecule has 2 unspecified atom stereocenters. The van der Waals surface area contributed by atoms with Gasteiger partial charge in [0.2, 0.25) is 11.7 Å². The molecule has 1 fully saturated rings. The molecule has 1 aliphatic carbocycles. The first kappa shape index (κ1) is 25.4. The van der Waals surface area contributed by atoms with Crippen LogP contribution in [0.4, 0.5) is 18.0 Å². The second-order valence-electron chi connectivity index (χ2n) is 10.5. The van der Waals surface area contributed by atoms with Gasteiger partial charge in [0.1, 0.15) is 6.61 Å². The summed E-state index contributed by atoms with van der Waals surface area (Å²) in [4.78, 5) is 29.5. The number of carbonyl (C=O) groups excluding carboxylic acids is 2. The van der Waals surface area contributed by atoms with Crippen LogP contribution in [0.2, 0.25) is 0 Å².